The third-order valence-corrected chi connectivity index (χ3v) is 8.72. The second-order valence-corrected chi connectivity index (χ2v) is 12.3. The second-order valence-electron chi connectivity index (χ2n) is 11.2. The van der Waals surface area contributed by atoms with Crippen molar-refractivity contribution in [2.75, 3.05) is 0 Å². The number of nitrogens with zero attached hydrogens (tertiary/aromatic N) is 1. The summed E-state index contributed by atoms with van der Waals surface area (Å²) in [6.07, 6.45) is 3.10. The lowest BCUT2D eigenvalue weighted by molar-refractivity contribution is -0.154. The third-order valence-electron chi connectivity index (χ3n) is 7.93. The predicted octanol–water partition coefficient (Wildman–Crippen LogP) is 4.64. The van der Waals surface area contributed by atoms with Crippen molar-refractivity contribution in [3.8, 4) is 0 Å². The fourth-order valence-corrected chi connectivity index (χ4v) is 5.59. The minimum atomic E-state index is -1.27. The van der Waals surface area contributed by atoms with E-state index in [0.717, 1.165) is 35.5 Å². The maximum absolute atomic E-state index is 13.4. The molecule has 0 aliphatic carbocycles. The van der Waals surface area contributed by atoms with E-state index >= 15 is 0 Å². The lowest BCUT2D eigenvalue weighted by atomic mass is 9.72. The smallest absolute Gasteiger partial charge is 0.309 e. The number of aromatic nitrogens is 1. The van der Waals surface area contributed by atoms with Gasteiger partial charge in [0.15, 0.2) is 0 Å². The first-order valence-electron chi connectivity index (χ1n) is 12.8. The Kier molecular flexibility index (Phi) is 8.97. The highest BCUT2D eigenvalue weighted by atomic mass is 32.1. The molecule has 2 aliphatic heterocycles. The van der Waals surface area contributed by atoms with Crippen LogP contribution in [0, 0.1) is 24.2 Å². The molecule has 7 nitrogen and oxygen atoms in total. The van der Waals surface area contributed by atoms with Gasteiger partial charge in [0.1, 0.15) is 11.9 Å². The third kappa shape index (κ3) is 6.52. The van der Waals surface area contributed by atoms with Gasteiger partial charge in [0.2, 0.25) is 0 Å². The Morgan fingerprint density at radius 2 is 1.97 bits per heavy atom. The zero-order chi connectivity index (χ0) is 26.8. The van der Waals surface area contributed by atoms with Crippen LogP contribution in [0.3, 0.4) is 0 Å². The van der Waals surface area contributed by atoms with Gasteiger partial charge in [0.25, 0.3) is 0 Å². The van der Waals surface area contributed by atoms with Gasteiger partial charge in [-0.3, -0.25) is 9.59 Å². The first-order valence-corrected chi connectivity index (χ1v) is 13.7. The fraction of sp³-hybridized carbons (Fsp3) is 0.679. The normalized spacial score (nSPS) is 36.6. The number of carbonyl (C=O) groups excluding carboxylic acids is 2. The van der Waals surface area contributed by atoms with Gasteiger partial charge in [-0.25, -0.2) is 4.98 Å². The van der Waals surface area contributed by atoms with E-state index in [9.17, 15) is 19.8 Å². The molecule has 7 atom stereocenters. The average Bonchev–Trinajstić information content (AvgIpc) is 3.24. The van der Waals surface area contributed by atoms with E-state index in [0.29, 0.717) is 6.42 Å². The van der Waals surface area contributed by atoms with Gasteiger partial charge in [-0.15, -0.1) is 17.9 Å². The van der Waals surface area contributed by atoms with E-state index in [2.05, 4.69) is 18.5 Å². The Balaban J connectivity index is 1.88. The van der Waals surface area contributed by atoms with Crippen molar-refractivity contribution in [3.05, 3.63) is 34.3 Å². The maximum Gasteiger partial charge on any atom is 0.309 e. The van der Waals surface area contributed by atoms with E-state index in [1.165, 1.54) is 6.08 Å². The second kappa shape index (κ2) is 11.3. The van der Waals surface area contributed by atoms with Crippen LogP contribution >= 0.6 is 11.3 Å². The first-order chi connectivity index (χ1) is 16.8. The molecule has 0 aromatic carbocycles. The first kappa shape index (κ1) is 28.7. The Morgan fingerprint density at radius 1 is 1.28 bits per heavy atom. The summed E-state index contributed by atoms with van der Waals surface area (Å²) in [5.41, 5.74) is 0.0686. The number of epoxide rings is 1. The van der Waals surface area contributed by atoms with E-state index in [1.54, 1.807) is 25.2 Å². The number of aliphatic hydroxyl groups excluding tert-OH is 2. The number of cyclic esters (lactones) is 1. The maximum atomic E-state index is 13.4. The van der Waals surface area contributed by atoms with Gasteiger partial charge in [-0.1, -0.05) is 33.3 Å². The van der Waals surface area contributed by atoms with Gasteiger partial charge >= 0.3 is 5.97 Å². The highest BCUT2D eigenvalue weighted by Crippen LogP contribution is 2.45. The molecule has 0 saturated carbocycles. The zero-order valence-electron chi connectivity index (χ0n) is 22.3. The number of hydrogen-bond donors (Lipinski definition) is 2. The highest BCUT2D eigenvalue weighted by Gasteiger charge is 2.53. The van der Waals surface area contributed by atoms with Crippen molar-refractivity contribution < 1.29 is 29.3 Å². The molecular formula is C28H41NO6S. The molecule has 8 heteroatoms. The molecule has 1 aromatic heterocycles. The summed E-state index contributed by atoms with van der Waals surface area (Å²) in [7, 11) is 0. The zero-order valence-corrected chi connectivity index (χ0v) is 23.1. The largest absolute Gasteiger partial charge is 0.458 e. The summed E-state index contributed by atoms with van der Waals surface area (Å²) >= 11 is 1.55. The van der Waals surface area contributed by atoms with E-state index in [-0.39, 0.29) is 29.8 Å². The van der Waals surface area contributed by atoms with Gasteiger partial charge in [-0.2, -0.15) is 0 Å². The number of Topliss-reactive ketones (excluding diaryl/α,β-unsaturated/α-hetero) is 1. The van der Waals surface area contributed by atoms with Gasteiger partial charge in [0.05, 0.1) is 52.4 Å². The fourth-order valence-electron chi connectivity index (χ4n) is 5.02. The molecule has 0 bridgehead atoms. The van der Waals surface area contributed by atoms with E-state index in [4.69, 9.17) is 9.47 Å². The summed E-state index contributed by atoms with van der Waals surface area (Å²) in [6, 6.07) is 0. The number of fused-ring (bicyclic) bond motifs is 1. The standard InChI is InChI=1S/C28H41NO6S/c1-8-20-25(32)16(2)10-9-11-28(7)23(35-28)13-21(17(3)12-19-15-36-18(4)29-19)34-24(31)14-22(30)27(5,6)26(20)33/h8,12,15-16,20-23,25,30,32H,1,9-11,13-14H2,2-7H3/b17-12+/t16?,20-,21?,22-,23-,25?,28+/m0/s1. The molecule has 36 heavy (non-hydrogen) atoms. The minimum absolute atomic E-state index is 0.0622. The van der Waals surface area contributed by atoms with Crippen molar-refractivity contribution in [2.45, 2.75) is 104 Å². The molecule has 0 amide bonds. The number of rotatable bonds is 3. The Morgan fingerprint density at radius 3 is 2.58 bits per heavy atom. The number of hydrogen-bond acceptors (Lipinski definition) is 8. The van der Waals surface area contributed by atoms with Gasteiger partial charge in [-0.05, 0) is 51.2 Å². The van der Waals surface area contributed by atoms with E-state index < -0.39 is 35.6 Å². The van der Waals surface area contributed by atoms with Gasteiger partial charge < -0.3 is 19.7 Å². The predicted molar refractivity (Wildman–Crippen MR) is 140 cm³/mol. The number of thiazole rings is 1. The number of aryl methyl sites for hydroxylation is 1. The molecular weight excluding hydrogens is 478 g/mol. The summed E-state index contributed by atoms with van der Waals surface area (Å²) in [5.74, 6) is -1.90. The van der Waals surface area contributed by atoms with Crippen molar-refractivity contribution in [3.63, 3.8) is 0 Å². The van der Waals surface area contributed by atoms with Crippen LogP contribution in [-0.4, -0.2) is 57.0 Å². The number of carbonyl (C=O) groups is 2. The Bertz CT molecular complexity index is 1000. The monoisotopic (exact) mass is 519 g/mol. The number of ketones is 1. The van der Waals surface area contributed by atoms with Crippen molar-refractivity contribution in [1.29, 1.82) is 0 Å². The van der Waals surface area contributed by atoms with Gasteiger partial charge in [0, 0.05) is 11.8 Å². The molecule has 1 aromatic rings. The lowest BCUT2D eigenvalue weighted by Crippen LogP contribution is -2.46. The molecule has 2 fully saturated rings. The van der Waals surface area contributed by atoms with Crippen LogP contribution in [0.2, 0.25) is 0 Å². The topological polar surface area (TPSA) is 109 Å². The lowest BCUT2D eigenvalue weighted by Gasteiger charge is -2.34. The van der Waals surface area contributed by atoms with Crippen LogP contribution in [0.15, 0.2) is 23.6 Å². The van der Waals surface area contributed by atoms with E-state index in [1.807, 2.05) is 32.2 Å². The minimum Gasteiger partial charge on any atom is -0.458 e. The number of ether oxygens (including phenoxy) is 2. The molecule has 200 valence electrons. The SMILES string of the molecule is C=C[C@@H]1C(=O)C(C)(C)[C@@H](O)CC(=O)OC(/C(C)=C/c2csc(C)n2)C[C@@H]2O[C@]2(C)CCCC(C)C1O. The summed E-state index contributed by atoms with van der Waals surface area (Å²) in [6.45, 7) is 14.8. The Labute approximate surface area is 218 Å². The van der Waals surface area contributed by atoms with Crippen molar-refractivity contribution in [1.82, 2.24) is 4.98 Å². The van der Waals surface area contributed by atoms with Crippen molar-refractivity contribution in [2.24, 2.45) is 17.3 Å². The van der Waals surface area contributed by atoms with Crippen LogP contribution in [0.1, 0.15) is 77.4 Å². The molecule has 2 N–H and O–H groups in total. The highest BCUT2D eigenvalue weighted by molar-refractivity contribution is 7.09. The number of aliphatic hydroxyl groups is 2. The van der Waals surface area contributed by atoms with Crippen LogP contribution in [0.25, 0.3) is 6.08 Å². The quantitative estimate of drug-likeness (QED) is 0.340. The molecule has 2 saturated heterocycles. The molecule has 0 radical (unpaired) electrons. The van der Waals surface area contributed by atoms with Crippen LogP contribution in [0.4, 0.5) is 0 Å². The van der Waals surface area contributed by atoms with Crippen LogP contribution in [-0.2, 0) is 19.1 Å². The molecule has 2 aliphatic rings. The molecule has 3 heterocycles. The average molecular weight is 520 g/mol. The van der Waals surface area contributed by atoms with Crippen molar-refractivity contribution >= 4 is 29.2 Å². The summed E-state index contributed by atoms with van der Waals surface area (Å²) in [4.78, 5) is 30.8. The molecule has 0 spiro atoms. The van der Waals surface area contributed by atoms with Crippen LogP contribution in [0.5, 0.6) is 0 Å². The summed E-state index contributed by atoms with van der Waals surface area (Å²) < 4.78 is 11.9. The molecule has 3 rings (SSSR count). The summed E-state index contributed by atoms with van der Waals surface area (Å²) in [5, 5.41) is 24.8. The molecule has 3 unspecified atom stereocenters. The van der Waals surface area contributed by atoms with Crippen LogP contribution < -0.4 is 0 Å². The number of esters is 1. The Hall–Kier alpha value is -1.87.